The van der Waals surface area contributed by atoms with E-state index in [-0.39, 0.29) is 5.91 Å². The van der Waals surface area contributed by atoms with Crippen molar-refractivity contribution in [3.8, 4) is 5.75 Å². The fourth-order valence-electron chi connectivity index (χ4n) is 1.79. The maximum absolute atomic E-state index is 11.9. The molecule has 0 radical (unpaired) electrons. The molecule has 4 nitrogen and oxygen atoms in total. The maximum atomic E-state index is 11.9. The number of carbonyl (C=O) groups excluding carboxylic acids is 1. The van der Waals surface area contributed by atoms with E-state index in [1.54, 1.807) is 14.0 Å². The van der Waals surface area contributed by atoms with Gasteiger partial charge in [-0.05, 0) is 59.3 Å². The normalized spacial score (nSPS) is 15.8. The quantitative estimate of drug-likeness (QED) is 0.829. The van der Waals surface area contributed by atoms with Gasteiger partial charge in [0, 0.05) is 6.54 Å². The highest BCUT2D eigenvalue weighted by Crippen LogP contribution is 2.29. The molecule has 0 bridgehead atoms. The van der Waals surface area contributed by atoms with Gasteiger partial charge in [-0.15, -0.1) is 0 Å². The molecule has 5 heteroatoms. The minimum absolute atomic E-state index is 0.0717. The third-order valence-electron chi connectivity index (χ3n) is 3.33. The molecule has 1 amide bonds. The van der Waals surface area contributed by atoms with Crippen molar-refractivity contribution in [1.82, 2.24) is 5.32 Å². The van der Waals surface area contributed by atoms with Crippen LogP contribution in [0.4, 0.5) is 0 Å². The molecule has 1 aliphatic carbocycles. The zero-order valence-corrected chi connectivity index (χ0v) is 13.4. The topological polar surface area (TPSA) is 47.6 Å². The lowest BCUT2D eigenvalue weighted by molar-refractivity contribution is -0.132. The lowest BCUT2D eigenvalue weighted by atomic mass is 10.2. The first kappa shape index (κ1) is 15.3. The van der Waals surface area contributed by atoms with Crippen LogP contribution >= 0.6 is 15.9 Å². The zero-order chi connectivity index (χ0) is 14.5. The summed E-state index contributed by atoms with van der Waals surface area (Å²) < 4.78 is 11.6. The summed E-state index contributed by atoms with van der Waals surface area (Å²) in [6.45, 7) is 2.98. The summed E-state index contributed by atoms with van der Waals surface area (Å²) >= 11 is 3.43. The first-order chi connectivity index (χ1) is 9.60. The Morgan fingerprint density at radius 1 is 1.50 bits per heavy atom. The molecule has 1 fully saturated rings. The molecule has 0 saturated heterocycles. The Balaban J connectivity index is 1.78. The molecule has 110 valence electrons. The van der Waals surface area contributed by atoms with Crippen molar-refractivity contribution in [2.75, 3.05) is 13.7 Å². The predicted molar refractivity (Wildman–Crippen MR) is 80.7 cm³/mol. The van der Waals surface area contributed by atoms with Gasteiger partial charge in [0.15, 0.2) is 0 Å². The molecular weight excluding hydrogens is 322 g/mol. The van der Waals surface area contributed by atoms with E-state index in [0.717, 1.165) is 15.8 Å². The zero-order valence-electron chi connectivity index (χ0n) is 11.8. The number of hydrogen-bond acceptors (Lipinski definition) is 3. The summed E-state index contributed by atoms with van der Waals surface area (Å²) in [5.74, 6) is 1.38. The van der Waals surface area contributed by atoms with Crippen LogP contribution in [0.25, 0.3) is 0 Å². The lowest BCUT2D eigenvalue weighted by Crippen LogP contribution is -2.34. The average molecular weight is 342 g/mol. The van der Waals surface area contributed by atoms with Gasteiger partial charge in [0.2, 0.25) is 5.91 Å². The number of halogens is 1. The lowest BCUT2D eigenvalue weighted by Gasteiger charge is -2.13. The Hall–Kier alpha value is -1.07. The number of ether oxygens (including phenoxy) is 2. The van der Waals surface area contributed by atoms with Gasteiger partial charge in [-0.2, -0.15) is 0 Å². The van der Waals surface area contributed by atoms with Crippen LogP contribution in [-0.2, 0) is 16.1 Å². The van der Waals surface area contributed by atoms with Gasteiger partial charge in [0.05, 0.1) is 18.2 Å². The minimum atomic E-state index is -0.391. The highest BCUT2D eigenvalue weighted by atomic mass is 79.9. The average Bonchev–Trinajstić information content (AvgIpc) is 3.26. The second-order valence-electron chi connectivity index (χ2n) is 5.11. The van der Waals surface area contributed by atoms with Gasteiger partial charge in [-0.25, -0.2) is 0 Å². The van der Waals surface area contributed by atoms with Gasteiger partial charge < -0.3 is 14.8 Å². The van der Waals surface area contributed by atoms with Gasteiger partial charge >= 0.3 is 0 Å². The summed E-state index contributed by atoms with van der Waals surface area (Å²) in [7, 11) is 1.63. The molecule has 1 aromatic carbocycles. The second kappa shape index (κ2) is 7.09. The Morgan fingerprint density at radius 2 is 2.25 bits per heavy atom. The molecule has 2 rings (SSSR count). The van der Waals surface area contributed by atoms with E-state index < -0.39 is 6.10 Å². The summed E-state index contributed by atoms with van der Waals surface area (Å²) in [5, 5.41) is 2.88. The molecule has 1 N–H and O–H groups in total. The molecule has 20 heavy (non-hydrogen) atoms. The second-order valence-corrected chi connectivity index (χ2v) is 5.96. The van der Waals surface area contributed by atoms with Crippen molar-refractivity contribution in [2.24, 2.45) is 5.92 Å². The standard InChI is InChI=1S/C15H20BrNO3/c1-10(20-9-11-3-4-11)15(18)17-8-12-5-6-14(19-2)13(16)7-12/h5-7,10-11H,3-4,8-9H2,1-2H3,(H,17,18)/t10-/m1/s1. The van der Waals surface area contributed by atoms with Crippen LogP contribution in [0.2, 0.25) is 0 Å². The molecular formula is C15H20BrNO3. The predicted octanol–water partition coefficient (Wildman–Crippen LogP) is 2.89. The van der Waals surface area contributed by atoms with E-state index in [2.05, 4.69) is 21.2 Å². The molecule has 0 aliphatic heterocycles. The van der Waals surface area contributed by atoms with Crippen molar-refractivity contribution in [2.45, 2.75) is 32.4 Å². The highest BCUT2D eigenvalue weighted by Gasteiger charge is 2.23. The van der Waals surface area contributed by atoms with E-state index in [4.69, 9.17) is 9.47 Å². The van der Waals surface area contributed by atoms with Crippen LogP contribution in [0.1, 0.15) is 25.3 Å². The SMILES string of the molecule is COc1ccc(CNC(=O)[C@@H](C)OCC2CC2)cc1Br. The van der Waals surface area contributed by atoms with Gasteiger partial charge in [-0.3, -0.25) is 4.79 Å². The molecule has 0 heterocycles. The van der Waals surface area contributed by atoms with Crippen LogP contribution in [0.3, 0.4) is 0 Å². The molecule has 0 unspecified atom stereocenters. The number of carbonyl (C=O) groups is 1. The van der Waals surface area contributed by atoms with E-state index in [0.29, 0.717) is 19.1 Å². The molecule has 0 aromatic heterocycles. The third kappa shape index (κ3) is 4.49. The van der Waals surface area contributed by atoms with Crippen molar-refractivity contribution in [3.05, 3.63) is 28.2 Å². The Labute approximate surface area is 128 Å². The monoisotopic (exact) mass is 341 g/mol. The van der Waals surface area contributed by atoms with Crippen molar-refractivity contribution in [1.29, 1.82) is 0 Å². The number of nitrogens with one attached hydrogen (secondary N) is 1. The number of benzene rings is 1. The van der Waals surface area contributed by atoms with E-state index in [1.807, 2.05) is 18.2 Å². The van der Waals surface area contributed by atoms with Crippen LogP contribution in [0.15, 0.2) is 22.7 Å². The molecule has 0 spiro atoms. The van der Waals surface area contributed by atoms with E-state index in [1.165, 1.54) is 12.8 Å². The summed E-state index contributed by atoms with van der Waals surface area (Å²) in [4.78, 5) is 11.9. The minimum Gasteiger partial charge on any atom is -0.496 e. The Morgan fingerprint density at radius 3 is 2.85 bits per heavy atom. The van der Waals surface area contributed by atoms with Crippen LogP contribution < -0.4 is 10.1 Å². The largest absolute Gasteiger partial charge is 0.496 e. The molecule has 1 aromatic rings. The maximum Gasteiger partial charge on any atom is 0.249 e. The van der Waals surface area contributed by atoms with E-state index >= 15 is 0 Å². The smallest absolute Gasteiger partial charge is 0.249 e. The molecule has 1 atom stereocenters. The van der Waals surface area contributed by atoms with Gasteiger partial charge in [0.25, 0.3) is 0 Å². The summed E-state index contributed by atoms with van der Waals surface area (Å²) in [6.07, 6.45) is 2.07. The molecule has 1 aliphatic rings. The summed E-state index contributed by atoms with van der Waals surface area (Å²) in [5.41, 5.74) is 1.01. The number of amides is 1. The van der Waals surface area contributed by atoms with Crippen molar-refractivity contribution in [3.63, 3.8) is 0 Å². The first-order valence-corrected chi connectivity index (χ1v) is 7.61. The fourth-order valence-corrected chi connectivity index (χ4v) is 2.38. The number of methoxy groups -OCH3 is 1. The van der Waals surface area contributed by atoms with E-state index in [9.17, 15) is 4.79 Å². The first-order valence-electron chi connectivity index (χ1n) is 6.82. The van der Waals surface area contributed by atoms with Crippen molar-refractivity contribution >= 4 is 21.8 Å². The number of rotatable bonds is 7. The van der Waals surface area contributed by atoms with Crippen LogP contribution in [-0.4, -0.2) is 25.7 Å². The number of hydrogen-bond donors (Lipinski definition) is 1. The van der Waals surface area contributed by atoms with Gasteiger partial charge in [0.1, 0.15) is 11.9 Å². The third-order valence-corrected chi connectivity index (χ3v) is 3.95. The summed E-state index contributed by atoms with van der Waals surface area (Å²) in [6, 6.07) is 5.74. The molecule has 1 saturated carbocycles. The Bertz CT molecular complexity index is 474. The van der Waals surface area contributed by atoms with Crippen LogP contribution in [0, 0.1) is 5.92 Å². The van der Waals surface area contributed by atoms with Gasteiger partial charge in [-0.1, -0.05) is 6.07 Å². The Kier molecular flexibility index (Phi) is 5.43. The fraction of sp³-hybridized carbons (Fsp3) is 0.533. The van der Waals surface area contributed by atoms with Crippen LogP contribution in [0.5, 0.6) is 5.75 Å². The van der Waals surface area contributed by atoms with Crippen molar-refractivity contribution < 1.29 is 14.3 Å². The highest BCUT2D eigenvalue weighted by molar-refractivity contribution is 9.10.